The highest BCUT2D eigenvalue weighted by molar-refractivity contribution is 7.99. The van der Waals surface area contributed by atoms with E-state index in [2.05, 4.69) is 21.5 Å². The van der Waals surface area contributed by atoms with E-state index >= 15 is 17.6 Å². The second kappa shape index (κ2) is 11.3. The van der Waals surface area contributed by atoms with Crippen LogP contribution in [-0.4, -0.2) is 74.5 Å². The van der Waals surface area contributed by atoms with Crippen LogP contribution in [0.2, 0.25) is 0 Å². The van der Waals surface area contributed by atoms with Crippen LogP contribution in [0, 0.1) is 11.6 Å². The van der Waals surface area contributed by atoms with E-state index < -0.39 is 63.0 Å². The first kappa shape index (κ1) is 30.8. The summed E-state index contributed by atoms with van der Waals surface area (Å²) in [5.74, 6) is -2.72. The summed E-state index contributed by atoms with van der Waals surface area (Å²) in [5.41, 5.74) is -5.16. The van der Waals surface area contributed by atoms with Crippen LogP contribution in [0.4, 0.5) is 27.8 Å². The molecular weight excluding hydrogens is 623 g/mol. The van der Waals surface area contributed by atoms with Crippen LogP contribution in [0.3, 0.4) is 0 Å². The smallest absolute Gasteiger partial charge is 0.373 e. The lowest BCUT2D eigenvalue weighted by Crippen LogP contribution is -2.49. The molecule has 4 aromatic rings. The molecule has 1 unspecified atom stereocenters. The van der Waals surface area contributed by atoms with E-state index in [9.17, 15) is 18.8 Å². The molecule has 4 heterocycles. The molecule has 0 spiro atoms. The molecular formula is C29H27F5N6O4S. The largest absolute Gasteiger partial charge is 0.417 e. The summed E-state index contributed by atoms with van der Waals surface area (Å²) in [6.45, 7) is 7.77. The number of fused-ring (bicyclic) bond motifs is 1. The van der Waals surface area contributed by atoms with Gasteiger partial charge < -0.3 is 24.5 Å². The predicted molar refractivity (Wildman–Crippen MR) is 159 cm³/mol. The highest BCUT2D eigenvalue weighted by Gasteiger charge is 2.40. The molecule has 2 aromatic heterocycles. The molecule has 1 atom stereocenters. The molecule has 0 bridgehead atoms. The van der Waals surface area contributed by atoms with Crippen LogP contribution in [0.5, 0.6) is 0 Å². The van der Waals surface area contributed by atoms with Crippen molar-refractivity contribution in [1.29, 1.82) is 0 Å². The first-order valence-corrected chi connectivity index (χ1v) is 15.0. The third-order valence-corrected chi connectivity index (χ3v) is 9.02. The van der Waals surface area contributed by atoms with Crippen LogP contribution < -0.4 is 16.3 Å². The highest BCUT2D eigenvalue weighted by atomic mass is 32.2. The maximum atomic E-state index is 15.7. The van der Waals surface area contributed by atoms with Gasteiger partial charge in [-0.1, -0.05) is 6.58 Å². The Balaban J connectivity index is 1.69. The average molecular weight is 651 g/mol. The van der Waals surface area contributed by atoms with Crippen molar-refractivity contribution >= 4 is 45.4 Å². The molecule has 2 aliphatic rings. The number of aromatic amines is 2. The van der Waals surface area contributed by atoms with Crippen molar-refractivity contribution in [2.45, 2.75) is 43.7 Å². The number of H-pyrrole nitrogens is 2. The molecule has 10 nitrogen and oxygen atoms in total. The van der Waals surface area contributed by atoms with Crippen LogP contribution in [0.1, 0.15) is 19.4 Å². The molecule has 2 aromatic carbocycles. The third-order valence-electron chi connectivity index (χ3n) is 7.79. The topological polar surface area (TPSA) is 116 Å². The summed E-state index contributed by atoms with van der Waals surface area (Å²) in [6, 6.07) is 1.23. The summed E-state index contributed by atoms with van der Waals surface area (Å²) in [4.78, 5) is 49.7. The number of amides is 1. The van der Waals surface area contributed by atoms with Gasteiger partial charge in [-0.15, -0.1) is 11.8 Å². The number of ether oxygens (including phenoxy) is 1. The lowest BCUT2D eigenvalue weighted by molar-refractivity contribution is -0.137. The maximum Gasteiger partial charge on any atom is 0.417 e. The second-order valence-electron chi connectivity index (χ2n) is 11.0. The van der Waals surface area contributed by atoms with Crippen LogP contribution in [0.25, 0.3) is 33.1 Å². The number of benzene rings is 2. The first-order chi connectivity index (χ1) is 21.3. The van der Waals surface area contributed by atoms with Gasteiger partial charge in [0, 0.05) is 59.4 Å². The Hall–Kier alpha value is -4.18. The molecule has 1 saturated heterocycles. The lowest BCUT2D eigenvalue weighted by Gasteiger charge is -2.35. The number of hydrogen-bond donors (Lipinski definition) is 2. The van der Waals surface area contributed by atoms with E-state index in [1.165, 1.54) is 15.5 Å². The minimum Gasteiger partial charge on any atom is -0.373 e. The number of alkyl halides is 3. The fourth-order valence-corrected chi connectivity index (χ4v) is 7.20. The highest BCUT2D eigenvalue weighted by Crippen LogP contribution is 2.50. The summed E-state index contributed by atoms with van der Waals surface area (Å²) in [6.07, 6.45) is -4.80. The molecule has 6 rings (SSSR count). The van der Waals surface area contributed by atoms with E-state index in [1.54, 1.807) is 18.7 Å². The number of rotatable bonds is 5. The number of carbonyl (C=O) groups excluding carboxylic acids is 1. The number of piperazine rings is 1. The van der Waals surface area contributed by atoms with Crippen LogP contribution in [0.15, 0.2) is 39.3 Å². The van der Waals surface area contributed by atoms with Gasteiger partial charge in [-0.3, -0.25) is 9.36 Å². The van der Waals surface area contributed by atoms with Crippen molar-refractivity contribution < 1.29 is 31.5 Å². The fourth-order valence-electron chi connectivity index (χ4n) is 5.95. The molecule has 1 amide bonds. The normalized spacial score (nSPS) is 17.4. The van der Waals surface area contributed by atoms with Gasteiger partial charge in [-0.25, -0.2) is 18.4 Å². The van der Waals surface area contributed by atoms with Crippen molar-refractivity contribution in [2.75, 3.05) is 36.8 Å². The van der Waals surface area contributed by atoms with Crippen molar-refractivity contribution in [3.8, 4) is 11.1 Å². The number of halogens is 5. The molecule has 0 radical (unpaired) electrons. The summed E-state index contributed by atoms with van der Waals surface area (Å²) >= 11 is 0.946. The van der Waals surface area contributed by atoms with Gasteiger partial charge in [0.2, 0.25) is 5.91 Å². The molecule has 2 aliphatic heterocycles. The van der Waals surface area contributed by atoms with E-state index in [1.807, 2.05) is 0 Å². The Kier molecular flexibility index (Phi) is 7.75. The number of anilines is 1. The average Bonchev–Trinajstić information content (AvgIpc) is 3.27. The molecule has 45 heavy (non-hydrogen) atoms. The van der Waals surface area contributed by atoms with Crippen molar-refractivity contribution in [1.82, 2.24) is 24.4 Å². The molecule has 0 aliphatic carbocycles. The van der Waals surface area contributed by atoms with Gasteiger partial charge in [0.05, 0.1) is 35.3 Å². The number of nitrogens with zero attached hydrogens (tertiary/aromatic N) is 4. The molecule has 2 N–H and O–H groups in total. The minimum absolute atomic E-state index is 0.0109. The van der Waals surface area contributed by atoms with Gasteiger partial charge in [0.25, 0.3) is 0 Å². The summed E-state index contributed by atoms with van der Waals surface area (Å²) < 4.78 is 82.7. The summed E-state index contributed by atoms with van der Waals surface area (Å²) in [5, 5.41) is -0.0109. The number of imidazole rings is 1. The van der Waals surface area contributed by atoms with Crippen LogP contribution >= 0.6 is 11.8 Å². The number of hydrogen-bond acceptors (Lipinski definition) is 7. The van der Waals surface area contributed by atoms with E-state index in [0.717, 1.165) is 17.8 Å². The number of aromatic nitrogens is 4. The van der Waals surface area contributed by atoms with Crippen molar-refractivity contribution in [2.24, 2.45) is 0 Å². The SMILES string of the molecule is C=CC(=O)N1CCN(c2nc(=O)n3c4c(c(-c5c(F)cc(F)c6[nH]c(=O)[nH]c56)c(C(F)(F)F)cc24)SCC(OC(C)C)C3)CC1. The number of carbonyl (C=O) groups is 1. The third kappa shape index (κ3) is 5.39. The summed E-state index contributed by atoms with van der Waals surface area (Å²) in [7, 11) is 0. The Morgan fingerprint density at radius 3 is 2.42 bits per heavy atom. The zero-order valence-electron chi connectivity index (χ0n) is 24.1. The van der Waals surface area contributed by atoms with E-state index in [-0.39, 0.29) is 72.1 Å². The maximum absolute atomic E-state index is 15.7. The second-order valence-corrected chi connectivity index (χ2v) is 12.1. The van der Waals surface area contributed by atoms with Gasteiger partial charge >= 0.3 is 17.6 Å². The standard InChI is InChI=1S/C29H27F5N6O4S/c1-4-19(41)38-5-7-39(8-6-38)26-15-9-16(29(32,33)34)20(21-17(30)10-18(31)22-23(21)36-27(42)35-22)25-24(15)40(28(43)37-26)11-14(12-45-25)44-13(2)3/h4,9-10,13-14H,1,5-8,11-12H2,2-3H3,(H2,35,36,42). The minimum atomic E-state index is -5.06. The Bertz CT molecular complexity index is 1980. The number of thioether (sulfide) groups is 1. The van der Waals surface area contributed by atoms with Gasteiger partial charge in [0.15, 0.2) is 5.82 Å². The zero-order valence-corrected chi connectivity index (χ0v) is 24.9. The van der Waals surface area contributed by atoms with Gasteiger partial charge in [-0.2, -0.15) is 18.2 Å². The van der Waals surface area contributed by atoms with Gasteiger partial charge in [-0.05, 0) is 26.0 Å². The monoisotopic (exact) mass is 650 g/mol. The quantitative estimate of drug-likeness (QED) is 0.245. The molecule has 16 heteroatoms. The van der Waals surface area contributed by atoms with Crippen LogP contribution in [-0.2, 0) is 22.3 Å². The Morgan fingerprint density at radius 1 is 1.09 bits per heavy atom. The fraction of sp³-hybridized carbons (Fsp3) is 0.379. The lowest BCUT2D eigenvalue weighted by atomic mass is 9.94. The molecule has 0 saturated carbocycles. The Labute approximate surface area is 255 Å². The zero-order chi connectivity index (χ0) is 32.4. The molecule has 1 fully saturated rings. The van der Waals surface area contributed by atoms with Crippen molar-refractivity contribution in [3.63, 3.8) is 0 Å². The van der Waals surface area contributed by atoms with Crippen molar-refractivity contribution in [3.05, 3.63) is 63.0 Å². The predicted octanol–water partition coefficient (Wildman–Crippen LogP) is 4.26. The van der Waals surface area contributed by atoms with Gasteiger partial charge in [0.1, 0.15) is 17.2 Å². The Morgan fingerprint density at radius 2 is 1.78 bits per heavy atom. The number of nitrogens with one attached hydrogen (secondary N) is 2. The van der Waals surface area contributed by atoms with E-state index in [0.29, 0.717) is 6.07 Å². The first-order valence-electron chi connectivity index (χ1n) is 14.0. The van der Waals surface area contributed by atoms with E-state index in [4.69, 9.17) is 4.74 Å². The molecule has 238 valence electrons.